The summed E-state index contributed by atoms with van der Waals surface area (Å²) >= 11 is 0. The van der Waals surface area contributed by atoms with Crippen molar-refractivity contribution in [2.45, 2.75) is 83.0 Å². The van der Waals surface area contributed by atoms with Gasteiger partial charge in [-0.3, -0.25) is 9.59 Å². The minimum Gasteiger partial charge on any atom is -0.368 e. The van der Waals surface area contributed by atoms with Crippen LogP contribution in [0.15, 0.2) is 24.3 Å². The second-order valence-electron chi connectivity index (χ2n) is 9.47. The first-order valence-corrected chi connectivity index (χ1v) is 11.2. The molecule has 2 amide bonds. The lowest BCUT2D eigenvalue weighted by Crippen LogP contribution is -2.77. The minimum absolute atomic E-state index is 0.0477. The summed E-state index contributed by atoms with van der Waals surface area (Å²) in [7, 11) is 0. The van der Waals surface area contributed by atoms with Gasteiger partial charge in [0, 0.05) is 26.4 Å². The number of hydrogen-bond acceptors (Lipinski definition) is 3. The molecule has 1 heterocycles. The summed E-state index contributed by atoms with van der Waals surface area (Å²) in [4.78, 5) is 26.6. The molecule has 0 unspecified atom stereocenters. The maximum Gasteiger partial charge on any atom is 0.222 e. The number of benzene rings is 1. The number of carbonyl (C=O) groups is 2. The predicted molar refractivity (Wildman–Crippen MR) is 112 cm³/mol. The Labute approximate surface area is 174 Å². The highest BCUT2D eigenvalue weighted by atomic mass is 16.5. The number of amides is 2. The summed E-state index contributed by atoms with van der Waals surface area (Å²) in [5, 5.41) is 3.17. The number of nitrogens with one attached hydrogen (secondary N) is 1. The van der Waals surface area contributed by atoms with Crippen molar-refractivity contribution in [3.05, 3.63) is 35.4 Å². The van der Waals surface area contributed by atoms with E-state index < -0.39 is 5.54 Å². The fraction of sp³-hybridized carbons (Fsp3) is 0.667. The Morgan fingerprint density at radius 3 is 2.55 bits per heavy atom. The number of rotatable bonds is 8. The van der Waals surface area contributed by atoms with Crippen molar-refractivity contribution in [2.75, 3.05) is 13.1 Å². The summed E-state index contributed by atoms with van der Waals surface area (Å²) in [6.45, 7) is 5.32. The van der Waals surface area contributed by atoms with Crippen molar-refractivity contribution in [2.24, 2.45) is 5.92 Å². The van der Waals surface area contributed by atoms with Gasteiger partial charge in [-0.05, 0) is 37.7 Å². The van der Waals surface area contributed by atoms with Gasteiger partial charge in [0.15, 0.2) is 0 Å². The fourth-order valence-corrected chi connectivity index (χ4v) is 5.28. The van der Waals surface area contributed by atoms with Crippen molar-refractivity contribution in [3.8, 4) is 0 Å². The molecule has 0 atom stereocenters. The number of hydrogen-bond donors (Lipinski definition) is 1. The lowest BCUT2D eigenvalue weighted by Gasteiger charge is -2.54. The van der Waals surface area contributed by atoms with Gasteiger partial charge in [-0.25, -0.2) is 0 Å². The highest BCUT2D eigenvalue weighted by molar-refractivity contribution is 5.79. The van der Waals surface area contributed by atoms with Crippen molar-refractivity contribution < 1.29 is 14.3 Å². The summed E-state index contributed by atoms with van der Waals surface area (Å²) in [5.74, 6) is 0.911. The van der Waals surface area contributed by atoms with Gasteiger partial charge in [0.05, 0.1) is 12.2 Å². The van der Waals surface area contributed by atoms with Crippen LogP contribution in [-0.2, 0) is 20.9 Å². The second kappa shape index (κ2) is 8.10. The zero-order valence-corrected chi connectivity index (χ0v) is 17.8. The van der Waals surface area contributed by atoms with Gasteiger partial charge in [-0.2, -0.15) is 0 Å². The lowest BCUT2D eigenvalue weighted by molar-refractivity contribution is -0.157. The molecule has 5 heteroatoms. The monoisotopic (exact) mass is 398 g/mol. The first kappa shape index (κ1) is 20.4. The highest BCUT2D eigenvalue weighted by Crippen LogP contribution is 2.52. The molecule has 0 aromatic heterocycles. The van der Waals surface area contributed by atoms with Crippen LogP contribution in [0.2, 0.25) is 0 Å². The van der Waals surface area contributed by atoms with E-state index in [1.807, 2.05) is 11.0 Å². The Kier molecular flexibility index (Phi) is 5.69. The van der Waals surface area contributed by atoms with Gasteiger partial charge in [0.2, 0.25) is 11.8 Å². The van der Waals surface area contributed by atoms with Gasteiger partial charge in [0.1, 0.15) is 5.54 Å². The molecule has 29 heavy (non-hydrogen) atoms. The van der Waals surface area contributed by atoms with Crippen LogP contribution in [-0.4, -0.2) is 40.9 Å². The average molecular weight is 399 g/mol. The smallest absolute Gasteiger partial charge is 0.222 e. The van der Waals surface area contributed by atoms with E-state index >= 15 is 0 Å². The molecule has 2 saturated carbocycles. The molecule has 0 spiro atoms. The molecule has 1 aromatic carbocycles. The Morgan fingerprint density at radius 1 is 1.21 bits per heavy atom. The number of aryl methyl sites for hydroxylation is 1. The normalized spacial score (nSPS) is 22.2. The first-order valence-electron chi connectivity index (χ1n) is 11.2. The second-order valence-corrected chi connectivity index (χ2v) is 9.47. The van der Waals surface area contributed by atoms with E-state index in [0.29, 0.717) is 26.1 Å². The van der Waals surface area contributed by atoms with Crippen molar-refractivity contribution in [3.63, 3.8) is 0 Å². The Hall–Kier alpha value is -1.88. The van der Waals surface area contributed by atoms with Gasteiger partial charge < -0.3 is 15.0 Å². The number of nitrogens with zero attached hydrogens (tertiary/aromatic N) is 1. The Morgan fingerprint density at radius 2 is 1.93 bits per heavy atom. The van der Waals surface area contributed by atoms with E-state index in [2.05, 4.69) is 30.4 Å². The SMILES string of the molecule is CC(=O)NC1(C2(OCc3cccc(C)c3)CC2)CN(C(=O)CCC2CCCC2)C1. The molecular weight excluding hydrogens is 364 g/mol. The van der Waals surface area contributed by atoms with Crippen LogP contribution < -0.4 is 5.32 Å². The maximum atomic E-state index is 12.7. The van der Waals surface area contributed by atoms with Crippen molar-refractivity contribution >= 4 is 11.8 Å². The van der Waals surface area contributed by atoms with Crippen LogP contribution in [0.4, 0.5) is 0 Å². The minimum atomic E-state index is -0.439. The molecule has 0 bridgehead atoms. The number of carbonyl (C=O) groups excluding carboxylic acids is 2. The predicted octanol–water partition coefficient (Wildman–Crippen LogP) is 3.73. The van der Waals surface area contributed by atoms with E-state index in [4.69, 9.17) is 4.74 Å². The lowest BCUT2D eigenvalue weighted by atomic mass is 9.80. The Balaban J connectivity index is 1.36. The zero-order valence-electron chi connectivity index (χ0n) is 17.8. The van der Waals surface area contributed by atoms with Crippen molar-refractivity contribution in [1.82, 2.24) is 10.2 Å². The topological polar surface area (TPSA) is 58.6 Å². The van der Waals surface area contributed by atoms with Gasteiger partial charge in [-0.15, -0.1) is 0 Å². The van der Waals surface area contributed by atoms with E-state index in [1.165, 1.54) is 31.2 Å². The van der Waals surface area contributed by atoms with Gasteiger partial charge in [0.25, 0.3) is 0 Å². The van der Waals surface area contributed by atoms with E-state index in [0.717, 1.165) is 30.7 Å². The molecule has 3 aliphatic rings. The molecule has 158 valence electrons. The first-order chi connectivity index (χ1) is 13.9. The zero-order chi connectivity index (χ0) is 20.5. The molecule has 2 aliphatic carbocycles. The Bertz CT molecular complexity index is 759. The number of likely N-dealkylation sites (tertiary alicyclic amines) is 1. The molecule has 1 saturated heterocycles. The molecule has 1 aliphatic heterocycles. The number of ether oxygens (including phenoxy) is 1. The molecule has 3 fully saturated rings. The third-order valence-corrected chi connectivity index (χ3v) is 7.10. The van der Waals surface area contributed by atoms with E-state index in [1.54, 1.807) is 6.92 Å². The van der Waals surface area contributed by atoms with Gasteiger partial charge >= 0.3 is 0 Å². The molecule has 5 nitrogen and oxygen atoms in total. The standard InChI is InChI=1S/C24H34N2O3/c1-18-6-5-9-21(14-18)15-29-24(12-13-24)23(25-19(2)27)16-26(17-23)22(28)11-10-20-7-3-4-8-20/h5-6,9,14,20H,3-4,7-8,10-13,15-17H2,1-2H3,(H,25,27). The summed E-state index contributed by atoms with van der Waals surface area (Å²) in [5.41, 5.74) is 1.59. The average Bonchev–Trinajstić information content (AvgIpc) is 3.26. The van der Waals surface area contributed by atoms with Crippen LogP contribution >= 0.6 is 0 Å². The van der Waals surface area contributed by atoms with Crippen LogP contribution in [0.25, 0.3) is 0 Å². The quantitative estimate of drug-likeness (QED) is 0.726. The highest BCUT2D eigenvalue weighted by Gasteiger charge is 2.66. The molecular formula is C24H34N2O3. The fourth-order valence-electron chi connectivity index (χ4n) is 5.28. The summed E-state index contributed by atoms with van der Waals surface area (Å²) in [6, 6.07) is 8.34. The van der Waals surface area contributed by atoms with Crippen molar-refractivity contribution in [1.29, 1.82) is 0 Å². The van der Waals surface area contributed by atoms with Crippen LogP contribution in [0.1, 0.15) is 69.4 Å². The van der Waals surface area contributed by atoms with Gasteiger partial charge in [-0.1, -0.05) is 55.5 Å². The molecule has 1 N–H and O–H groups in total. The summed E-state index contributed by atoms with van der Waals surface area (Å²) in [6.07, 6.45) is 8.70. The molecule has 1 aromatic rings. The van der Waals surface area contributed by atoms with Crippen LogP contribution in [0.3, 0.4) is 0 Å². The van der Waals surface area contributed by atoms with E-state index in [-0.39, 0.29) is 17.4 Å². The maximum absolute atomic E-state index is 12.7. The third-order valence-electron chi connectivity index (χ3n) is 7.10. The molecule has 4 rings (SSSR count). The van der Waals surface area contributed by atoms with Crippen LogP contribution in [0, 0.1) is 12.8 Å². The molecule has 0 radical (unpaired) electrons. The van der Waals surface area contributed by atoms with Crippen LogP contribution in [0.5, 0.6) is 0 Å². The third kappa shape index (κ3) is 4.35. The van der Waals surface area contributed by atoms with E-state index in [9.17, 15) is 9.59 Å². The largest absolute Gasteiger partial charge is 0.368 e. The summed E-state index contributed by atoms with van der Waals surface area (Å²) < 4.78 is 6.41.